The van der Waals surface area contributed by atoms with Crippen molar-refractivity contribution in [2.24, 2.45) is 0 Å². The predicted molar refractivity (Wildman–Crippen MR) is 79.6 cm³/mol. The second kappa shape index (κ2) is 6.43. The largest absolute Gasteiger partial charge is 0.463 e. The molecular weight excluding hydrogens is 268 g/mol. The number of carbonyl (C=O) groups excluding carboxylic acids is 2. The molecule has 112 valence electrons. The number of amides is 2. The molecule has 5 nitrogen and oxygen atoms in total. The third-order valence-electron chi connectivity index (χ3n) is 3.55. The van der Waals surface area contributed by atoms with E-state index >= 15 is 0 Å². The van der Waals surface area contributed by atoms with Crippen LogP contribution >= 0.6 is 0 Å². The maximum absolute atomic E-state index is 12.2. The molecular formula is C16H20N2O3. The molecule has 0 aliphatic carbocycles. The Labute approximate surface area is 124 Å². The molecule has 0 bridgehead atoms. The molecule has 2 atom stereocenters. The molecule has 0 radical (unpaired) electrons. The van der Waals surface area contributed by atoms with E-state index in [2.05, 4.69) is 10.6 Å². The van der Waals surface area contributed by atoms with E-state index in [0.717, 1.165) is 5.56 Å². The number of carbonyl (C=O) groups is 2. The van der Waals surface area contributed by atoms with Gasteiger partial charge in [-0.3, -0.25) is 0 Å². The average molecular weight is 288 g/mol. The number of benzene rings is 1. The number of ether oxygens (including phenoxy) is 1. The summed E-state index contributed by atoms with van der Waals surface area (Å²) < 4.78 is 5.12. The Balaban J connectivity index is 2.44. The van der Waals surface area contributed by atoms with Crippen molar-refractivity contribution in [3.05, 3.63) is 47.2 Å². The van der Waals surface area contributed by atoms with Gasteiger partial charge in [0.1, 0.15) is 0 Å². The van der Waals surface area contributed by atoms with E-state index in [1.165, 1.54) is 0 Å². The highest BCUT2D eigenvalue weighted by Gasteiger charge is 2.32. The van der Waals surface area contributed by atoms with Gasteiger partial charge in [0, 0.05) is 11.6 Å². The second-order valence-electron chi connectivity index (χ2n) is 5.00. The highest BCUT2D eigenvalue weighted by molar-refractivity contribution is 5.95. The summed E-state index contributed by atoms with van der Waals surface area (Å²) in [5.41, 5.74) is 2.12. The van der Waals surface area contributed by atoms with Gasteiger partial charge in [-0.05, 0) is 19.4 Å². The summed E-state index contributed by atoms with van der Waals surface area (Å²) in [5, 5.41) is 5.46. The first-order valence-electron chi connectivity index (χ1n) is 7.08. The van der Waals surface area contributed by atoms with Gasteiger partial charge in [-0.1, -0.05) is 37.3 Å². The van der Waals surface area contributed by atoms with Crippen LogP contribution in [0.2, 0.25) is 0 Å². The highest BCUT2D eigenvalue weighted by Crippen LogP contribution is 2.28. The average Bonchev–Trinajstić information content (AvgIpc) is 2.46. The van der Waals surface area contributed by atoms with E-state index in [-0.39, 0.29) is 18.0 Å². The van der Waals surface area contributed by atoms with Crippen LogP contribution in [0.15, 0.2) is 41.6 Å². The van der Waals surface area contributed by atoms with Gasteiger partial charge >= 0.3 is 12.0 Å². The Morgan fingerprint density at radius 1 is 1.33 bits per heavy atom. The summed E-state index contributed by atoms with van der Waals surface area (Å²) >= 11 is 0. The quantitative estimate of drug-likeness (QED) is 0.835. The number of rotatable bonds is 4. The molecule has 1 heterocycles. The van der Waals surface area contributed by atoms with E-state index in [1.54, 1.807) is 13.8 Å². The van der Waals surface area contributed by atoms with Crippen LogP contribution < -0.4 is 10.6 Å². The third-order valence-corrected chi connectivity index (χ3v) is 3.55. The molecule has 1 aliphatic heterocycles. The Morgan fingerprint density at radius 2 is 2.00 bits per heavy atom. The van der Waals surface area contributed by atoms with Crippen LogP contribution in [0.4, 0.5) is 4.79 Å². The number of allylic oxidation sites excluding steroid dienone is 1. The molecule has 2 rings (SSSR count). The number of nitrogens with one attached hydrogen (secondary N) is 2. The van der Waals surface area contributed by atoms with Crippen LogP contribution in [-0.2, 0) is 9.53 Å². The highest BCUT2D eigenvalue weighted by atomic mass is 16.5. The van der Waals surface area contributed by atoms with Gasteiger partial charge in [-0.25, -0.2) is 9.59 Å². The molecule has 0 fully saturated rings. The second-order valence-corrected chi connectivity index (χ2v) is 5.00. The Kier molecular flexibility index (Phi) is 4.62. The summed E-state index contributed by atoms with van der Waals surface area (Å²) in [4.78, 5) is 23.9. The molecule has 0 saturated heterocycles. The lowest BCUT2D eigenvalue weighted by Gasteiger charge is -2.29. The molecule has 1 aromatic rings. The lowest BCUT2D eigenvalue weighted by molar-refractivity contribution is -0.139. The monoisotopic (exact) mass is 288 g/mol. The fourth-order valence-electron chi connectivity index (χ4n) is 2.47. The van der Waals surface area contributed by atoms with Crippen molar-refractivity contribution in [3.8, 4) is 0 Å². The first-order chi connectivity index (χ1) is 10.0. The van der Waals surface area contributed by atoms with E-state index in [1.807, 2.05) is 37.3 Å². The standard InChI is InChI=1S/C16H20N2O3/c1-4-21-15(19)13-11(3)17-16(20)18-14(13)10(2)12-8-6-5-7-9-12/h5-11H,4H2,1-3H3,(H2,17,18,20)/t10-,11-/m1/s1. The minimum Gasteiger partial charge on any atom is -0.463 e. The molecule has 0 spiro atoms. The normalized spacial score (nSPS) is 19.6. The third kappa shape index (κ3) is 3.24. The van der Waals surface area contributed by atoms with Gasteiger partial charge in [0.25, 0.3) is 0 Å². The van der Waals surface area contributed by atoms with E-state index in [4.69, 9.17) is 4.74 Å². The summed E-state index contributed by atoms with van der Waals surface area (Å²) in [6.45, 7) is 5.80. The zero-order valence-corrected chi connectivity index (χ0v) is 12.5. The van der Waals surface area contributed by atoms with Crippen LogP contribution in [0.3, 0.4) is 0 Å². The van der Waals surface area contributed by atoms with Gasteiger partial charge in [0.05, 0.1) is 18.2 Å². The van der Waals surface area contributed by atoms with E-state index < -0.39 is 5.97 Å². The minimum atomic E-state index is -0.393. The predicted octanol–water partition coefficient (Wildman–Crippen LogP) is 2.31. The van der Waals surface area contributed by atoms with Crippen molar-refractivity contribution >= 4 is 12.0 Å². The summed E-state index contributed by atoms with van der Waals surface area (Å²) in [7, 11) is 0. The van der Waals surface area contributed by atoms with Crippen molar-refractivity contribution in [2.75, 3.05) is 6.61 Å². The fraction of sp³-hybridized carbons (Fsp3) is 0.375. The van der Waals surface area contributed by atoms with E-state index in [9.17, 15) is 9.59 Å². The van der Waals surface area contributed by atoms with Crippen LogP contribution in [0, 0.1) is 0 Å². The smallest absolute Gasteiger partial charge is 0.337 e. The number of hydrogen-bond acceptors (Lipinski definition) is 3. The Hall–Kier alpha value is -2.30. The summed E-state index contributed by atoms with van der Waals surface area (Å²) in [6, 6.07) is 9.07. The van der Waals surface area contributed by atoms with Crippen LogP contribution in [0.1, 0.15) is 32.3 Å². The van der Waals surface area contributed by atoms with Gasteiger partial charge in [0.15, 0.2) is 0 Å². The number of esters is 1. The fourth-order valence-corrected chi connectivity index (χ4v) is 2.47. The molecule has 2 amide bonds. The lowest BCUT2D eigenvalue weighted by atomic mass is 9.91. The molecule has 0 saturated carbocycles. The van der Waals surface area contributed by atoms with Crippen molar-refractivity contribution in [3.63, 3.8) is 0 Å². The molecule has 0 aromatic heterocycles. The number of urea groups is 1. The van der Waals surface area contributed by atoms with Gasteiger partial charge < -0.3 is 15.4 Å². The minimum absolute atomic E-state index is 0.0980. The molecule has 0 unspecified atom stereocenters. The van der Waals surface area contributed by atoms with E-state index in [0.29, 0.717) is 17.9 Å². The van der Waals surface area contributed by atoms with Gasteiger partial charge in [-0.2, -0.15) is 0 Å². The maximum Gasteiger partial charge on any atom is 0.337 e. The zero-order chi connectivity index (χ0) is 15.4. The number of hydrogen-bond donors (Lipinski definition) is 2. The van der Waals surface area contributed by atoms with Crippen LogP contribution in [0.25, 0.3) is 0 Å². The first kappa shape index (κ1) is 15.1. The Bertz CT molecular complexity index is 566. The molecule has 1 aromatic carbocycles. The van der Waals surface area contributed by atoms with Gasteiger partial charge in [-0.15, -0.1) is 0 Å². The molecule has 21 heavy (non-hydrogen) atoms. The Morgan fingerprint density at radius 3 is 2.62 bits per heavy atom. The molecule has 1 aliphatic rings. The van der Waals surface area contributed by atoms with Crippen molar-refractivity contribution in [1.29, 1.82) is 0 Å². The maximum atomic E-state index is 12.2. The van der Waals surface area contributed by atoms with Crippen molar-refractivity contribution in [2.45, 2.75) is 32.7 Å². The topological polar surface area (TPSA) is 67.4 Å². The van der Waals surface area contributed by atoms with Crippen LogP contribution in [-0.4, -0.2) is 24.6 Å². The zero-order valence-electron chi connectivity index (χ0n) is 12.5. The van der Waals surface area contributed by atoms with Crippen molar-refractivity contribution < 1.29 is 14.3 Å². The summed E-state index contributed by atoms with van der Waals surface area (Å²) in [6.07, 6.45) is 0. The van der Waals surface area contributed by atoms with Crippen molar-refractivity contribution in [1.82, 2.24) is 10.6 Å². The molecule has 5 heteroatoms. The lowest BCUT2D eigenvalue weighted by Crippen LogP contribution is -2.50. The van der Waals surface area contributed by atoms with Gasteiger partial charge in [0.2, 0.25) is 0 Å². The first-order valence-corrected chi connectivity index (χ1v) is 7.08. The SMILES string of the molecule is CCOC(=O)C1=C([C@H](C)c2ccccc2)NC(=O)N[C@@H]1C. The molecule has 2 N–H and O–H groups in total. The summed E-state index contributed by atoms with van der Waals surface area (Å²) in [5.74, 6) is -0.491. The van der Waals surface area contributed by atoms with Crippen LogP contribution in [0.5, 0.6) is 0 Å².